The van der Waals surface area contributed by atoms with E-state index in [0.29, 0.717) is 19.4 Å². The van der Waals surface area contributed by atoms with Gasteiger partial charge in [-0.15, -0.1) is 11.8 Å². The first-order chi connectivity index (χ1) is 13.9. The quantitative estimate of drug-likeness (QED) is 0.292. The highest BCUT2D eigenvalue weighted by Gasteiger charge is 2.47. The molecule has 1 aliphatic heterocycles. The number of hydrogen-bond donors (Lipinski definition) is 0. The van der Waals surface area contributed by atoms with Crippen molar-refractivity contribution < 1.29 is 23.9 Å². The van der Waals surface area contributed by atoms with Gasteiger partial charge >= 0.3 is 5.97 Å². The van der Waals surface area contributed by atoms with Crippen molar-refractivity contribution in [3.05, 3.63) is 42.0 Å². The third-order valence-corrected chi connectivity index (χ3v) is 5.99. The van der Waals surface area contributed by atoms with Gasteiger partial charge in [0.1, 0.15) is 6.54 Å². The number of benzene rings is 1. The molecule has 1 aromatic rings. The third kappa shape index (κ3) is 4.87. The van der Waals surface area contributed by atoms with Crippen LogP contribution in [-0.2, 0) is 30.5 Å². The minimum absolute atomic E-state index is 0.335. The first kappa shape index (κ1) is 21.1. The summed E-state index contributed by atoms with van der Waals surface area (Å²) < 4.78 is 5.02. The lowest BCUT2D eigenvalue weighted by Crippen LogP contribution is -2.38. The Kier molecular flexibility index (Phi) is 6.74. The summed E-state index contributed by atoms with van der Waals surface area (Å²) in [5.74, 6) is -2.55. The SMILES string of the molecule is CSc1ccc(CN(C)C(=O)COC(=O)CN2C(=O)[C@@H]3CC=CC[C@H]3C2=O)cc1. The molecule has 0 unspecified atom stereocenters. The van der Waals surface area contributed by atoms with E-state index in [0.717, 1.165) is 15.4 Å². The molecule has 3 rings (SSSR count). The lowest BCUT2D eigenvalue weighted by molar-refractivity contribution is -0.156. The predicted octanol–water partition coefficient (Wildman–Crippen LogP) is 1.86. The molecule has 0 bridgehead atoms. The highest BCUT2D eigenvalue weighted by Crippen LogP contribution is 2.34. The minimum atomic E-state index is -0.760. The number of allylic oxidation sites excluding steroid dienone is 2. The van der Waals surface area contributed by atoms with Gasteiger partial charge in [0.05, 0.1) is 11.8 Å². The largest absolute Gasteiger partial charge is 0.454 e. The zero-order chi connectivity index (χ0) is 21.0. The minimum Gasteiger partial charge on any atom is -0.454 e. The maximum Gasteiger partial charge on any atom is 0.326 e. The highest BCUT2D eigenvalue weighted by atomic mass is 32.2. The molecule has 8 heteroatoms. The van der Waals surface area contributed by atoms with E-state index in [1.54, 1.807) is 18.8 Å². The number of thioether (sulfide) groups is 1. The number of hydrogen-bond acceptors (Lipinski definition) is 6. The van der Waals surface area contributed by atoms with E-state index in [2.05, 4.69) is 0 Å². The lowest BCUT2D eigenvalue weighted by atomic mass is 9.85. The summed E-state index contributed by atoms with van der Waals surface area (Å²) in [6.45, 7) is -0.481. The van der Waals surface area contributed by atoms with Crippen molar-refractivity contribution >= 4 is 35.5 Å². The van der Waals surface area contributed by atoms with E-state index >= 15 is 0 Å². The van der Waals surface area contributed by atoms with Gasteiger partial charge in [0, 0.05) is 18.5 Å². The van der Waals surface area contributed by atoms with Crippen LogP contribution < -0.4 is 0 Å². The van der Waals surface area contributed by atoms with Crippen LogP contribution >= 0.6 is 11.8 Å². The Hall–Kier alpha value is -2.61. The van der Waals surface area contributed by atoms with E-state index in [9.17, 15) is 19.2 Å². The normalized spacial score (nSPS) is 20.6. The van der Waals surface area contributed by atoms with Gasteiger partial charge in [-0.2, -0.15) is 0 Å². The topological polar surface area (TPSA) is 84.0 Å². The fourth-order valence-corrected chi connectivity index (χ4v) is 3.95. The molecular formula is C21H24N2O5S. The summed E-state index contributed by atoms with van der Waals surface area (Å²) in [5, 5.41) is 0. The van der Waals surface area contributed by atoms with Crippen LogP contribution in [0.4, 0.5) is 0 Å². The molecule has 1 fully saturated rings. The second-order valence-electron chi connectivity index (χ2n) is 7.18. The average Bonchev–Trinajstić information content (AvgIpc) is 2.97. The van der Waals surface area contributed by atoms with Crippen LogP contribution in [0.2, 0.25) is 0 Å². The fourth-order valence-electron chi connectivity index (χ4n) is 3.54. The smallest absolute Gasteiger partial charge is 0.326 e. The summed E-state index contributed by atoms with van der Waals surface area (Å²) in [7, 11) is 1.63. The van der Waals surface area contributed by atoms with Crippen LogP contribution in [0, 0.1) is 11.8 Å². The molecule has 0 aromatic heterocycles. The van der Waals surface area contributed by atoms with Crippen LogP contribution in [0.3, 0.4) is 0 Å². The number of likely N-dealkylation sites (tertiary alicyclic amines) is 1. The van der Waals surface area contributed by atoms with Crippen molar-refractivity contribution in [2.75, 3.05) is 26.5 Å². The fraction of sp³-hybridized carbons (Fsp3) is 0.429. The van der Waals surface area contributed by atoms with Gasteiger partial charge in [-0.3, -0.25) is 24.1 Å². The van der Waals surface area contributed by atoms with Gasteiger partial charge in [-0.05, 0) is 36.8 Å². The molecule has 1 aliphatic carbocycles. The Morgan fingerprint density at radius 1 is 1.10 bits per heavy atom. The van der Waals surface area contributed by atoms with E-state index in [1.807, 2.05) is 42.7 Å². The molecule has 1 saturated heterocycles. The van der Waals surface area contributed by atoms with Gasteiger partial charge in [-0.1, -0.05) is 24.3 Å². The van der Waals surface area contributed by atoms with Crippen molar-refractivity contribution in [2.24, 2.45) is 11.8 Å². The maximum atomic E-state index is 12.4. The molecule has 0 radical (unpaired) electrons. The Bertz CT molecular complexity index is 810. The molecule has 2 atom stereocenters. The van der Waals surface area contributed by atoms with Gasteiger partial charge in [0.2, 0.25) is 11.8 Å². The Morgan fingerprint density at radius 2 is 1.69 bits per heavy atom. The molecule has 1 aromatic carbocycles. The first-order valence-electron chi connectivity index (χ1n) is 9.43. The molecule has 7 nitrogen and oxygen atoms in total. The number of carbonyl (C=O) groups excluding carboxylic acids is 4. The lowest BCUT2D eigenvalue weighted by Gasteiger charge is -2.18. The van der Waals surface area contributed by atoms with Gasteiger partial charge < -0.3 is 9.64 Å². The van der Waals surface area contributed by atoms with E-state index < -0.39 is 19.1 Å². The zero-order valence-corrected chi connectivity index (χ0v) is 17.3. The standard InChI is InChI=1S/C21H24N2O5S/c1-22(11-14-7-9-15(29-2)10-8-14)18(24)13-28-19(25)12-23-20(26)16-5-3-4-6-17(16)21(23)27/h3-4,7-10,16-17H,5-6,11-13H2,1-2H3/t16-,17-/m1/s1. The Labute approximate surface area is 174 Å². The predicted molar refractivity (Wildman–Crippen MR) is 108 cm³/mol. The van der Waals surface area contributed by atoms with Gasteiger partial charge in [-0.25, -0.2) is 0 Å². The van der Waals surface area contributed by atoms with Crippen LogP contribution in [0.15, 0.2) is 41.3 Å². The summed E-state index contributed by atoms with van der Waals surface area (Å²) in [4.78, 5) is 52.6. The molecule has 0 spiro atoms. The summed E-state index contributed by atoms with van der Waals surface area (Å²) in [6.07, 6.45) is 6.80. The second-order valence-corrected chi connectivity index (χ2v) is 8.06. The van der Waals surface area contributed by atoms with Crippen LogP contribution in [-0.4, -0.2) is 59.9 Å². The number of amides is 3. The van der Waals surface area contributed by atoms with Crippen molar-refractivity contribution in [3.63, 3.8) is 0 Å². The van der Waals surface area contributed by atoms with Crippen LogP contribution in [0.5, 0.6) is 0 Å². The number of likely N-dealkylation sites (N-methyl/N-ethyl adjacent to an activating group) is 1. The summed E-state index contributed by atoms with van der Waals surface area (Å²) in [5.41, 5.74) is 0.967. The number of fused-ring (bicyclic) bond motifs is 1. The summed E-state index contributed by atoms with van der Waals surface area (Å²) >= 11 is 1.64. The van der Waals surface area contributed by atoms with E-state index in [4.69, 9.17) is 4.74 Å². The van der Waals surface area contributed by atoms with Gasteiger partial charge in [0.25, 0.3) is 5.91 Å². The number of ether oxygens (including phenoxy) is 1. The van der Waals surface area contributed by atoms with Crippen molar-refractivity contribution in [1.29, 1.82) is 0 Å². The van der Waals surface area contributed by atoms with Crippen molar-refractivity contribution in [2.45, 2.75) is 24.3 Å². The molecular weight excluding hydrogens is 392 g/mol. The molecule has 0 saturated carbocycles. The van der Waals surface area contributed by atoms with Crippen LogP contribution in [0.25, 0.3) is 0 Å². The summed E-state index contributed by atoms with van der Waals surface area (Å²) in [6, 6.07) is 7.85. The zero-order valence-electron chi connectivity index (χ0n) is 16.5. The highest BCUT2D eigenvalue weighted by molar-refractivity contribution is 7.98. The van der Waals surface area contributed by atoms with Crippen LogP contribution in [0.1, 0.15) is 18.4 Å². The second kappa shape index (κ2) is 9.26. The number of carbonyl (C=O) groups is 4. The van der Waals surface area contributed by atoms with Crippen molar-refractivity contribution in [1.82, 2.24) is 9.80 Å². The molecule has 3 amide bonds. The molecule has 2 aliphatic rings. The van der Waals surface area contributed by atoms with E-state index in [-0.39, 0.29) is 29.6 Å². The Balaban J connectivity index is 1.46. The Morgan fingerprint density at radius 3 is 2.24 bits per heavy atom. The average molecular weight is 416 g/mol. The molecule has 29 heavy (non-hydrogen) atoms. The number of nitrogens with zero attached hydrogens (tertiary/aromatic N) is 2. The molecule has 1 heterocycles. The monoisotopic (exact) mass is 416 g/mol. The van der Waals surface area contributed by atoms with Crippen molar-refractivity contribution in [3.8, 4) is 0 Å². The number of rotatable bonds is 7. The van der Waals surface area contributed by atoms with E-state index in [1.165, 1.54) is 4.90 Å². The third-order valence-electron chi connectivity index (χ3n) is 5.25. The van der Waals surface area contributed by atoms with Gasteiger partial charge in [0.15, 0.2) is 6.61 Å². The maximum absolute atomic E-state index is 12.4. The molecule has 154 valence electrons. The number of esters is 1. The first-order valence-corrected chi connectivity index (χ1v) is 10.7. The number of imide groups is 1. The molecule has 0 N–H and O–H groups in total.